The van der Waals surface area contributed by atoms with Gasteiger partial charge in [-0.15, -0.1) is 0 Å². The Morgan fingerprint density at radius 2 is 1.75 bits per heavy atom. The molecule has 160 valence electrons. The lowest BCUT2D eigenvalue weighted by molar-refractivity contribution is 0.0600. The molecule has 0 N–H and O–H groups in total. The number of carbonyl (C=O) groups is 1. The number of hydrogen-bond acceptors (Lipinski definition) is 3. The standard InChI is InChI=1S/C28H26N2O2/c1-18-14-26-27(15-19(18)2)30(17-29-26)13-12-24-23-7-5-4-6-20(23)8-9-21-10-11-22(16-25(21)24)28(31)32-3/h4-7,10-12,14-17H,8-9,13H2,1-3H3. The number of rotatable bonds is 3. The van der Waals surface area contributed by atoms with E-state index in [1.807, 2.05) is 18.5 Å². The first-order valence-electron chi connectivity index (χ1n) is 11.0. The SMILES string of the molecule is COC(=O)c1ccc2c(c1)C(=CCn1cnc3cc(C)c(C)cc31)c1ccccc1CC2. The number of hydrogen-bond donors (Lipinski definition) is 0. The first-order chi connectivity index (χ1) is 15.5. The zero-order valence-corrected chi connectivity index (χ0v) is 18.7. The number of imidazole rings is 1. The fourth-order valence-corrected chi connectivity index (χ4v) is 4.57. The molecule has 1 aliphatic rings. The number of aryl methyl sites for hydroxylation is 4. The fraction of sp³-hybridized carbons (Fsp3) is 0.214. The van der Waals surface area contributed by atoms with Gasteiger partial charge in [0.15, 0.2) is 0 Å². The molecule has 1 heterocycles. The number of methoxy groups -OCH3 is 1. The average molecular weight is 423 g/mol. The molecule has 1 aromatic heterocycles. The summed E-state index contributed by atoms with van der Waals surface area (Å²) in [4.78, 5) is 16.8. The lowest BCUT2D eigenvalue weighted by Crippen LogP contribution is -2.04. The Morgan fingerprint density at radius 3 is 2.56 bits per heavy atom. The molecular formula is C28H26N2O2. The van der Waals surface area contributed by atoms with Crippen molar-refractivity contribution in [3.05, 3.63) is 106 Å². The smallest absolute Gasteiger partial charge is 0.337 e. The lowest BCUT2D eigenvalue weighted by Gasteiger charge is -2.14. The van der Waals surface area contributed by atoms with Crippen molar-refractivity contribution in [1.82, 2.24) is 9.55 Å². The van der Waals surface area contributed by atoms with Gasteiger partial charge in [0, 0.05) is 6.54 Å². The number of fused-ring (bicyclic) bond motifs is 3. The van der Waals surface area contributed by atoms with Gasteiger partial charge in [-0.1, -0.05) is 36.4 Å². The molecule has 0 atom stereocenters. The van der Waals surface area contributed by atoms with Gasteiger partial charge in [-0.2, -0.15) is 0 Å². The first kappa shape index (κ1) is 20.3. The van der Waals surface area contributed by atoms with Crippen molar-refractivity contribution in [2.75, 3.05) is 7.11 Å². The van der Waals surface area contributed by atoms with Crippen LogP contribution in [-0.4, -0.2) is 22.6 Å². The summed E-state index contributed by atoms with van der Waals surface area (Å²) >= 11 is 0. The molecule has 0 bridgehead atoms. The Morgan fingerprint density at radius 1 is 1.00 bits per heavy atom. The second-order valence-corrected chi connectivity index (χ2v) is 8.46. The van der Waals surface area contributed by atoms with Crippen LogP contribution in [0, 0.1) is 13.8 Å². The third-order valence-electron chi connectivity index (χ3n) is 6.52. The van der Waals surface area contributed by atoms with Crippen LogP contribution >= 0.6 is 0 Å². The zero-order chi connectivity index (χ0) is 22.2. The lowest BCUT2D eigenvalue weighted by atomic mass is 9.92. The van der Waals surface area contributed by atoms with Gasteiger partial charge in [0.25, 0.3) is 0 Å². The van der Waals surface area contributed by atoms with E-state index < -0.39 is 0 Å². The van der Waals surface area contributed by atoms with Gasteiger partial charge in [-0.05, 0) is 89.9 Å². The molecule has 3 aromatic carbocycles. The van der Waals surface area contributed by atoms with E-state index in [1.165, 1.54) is 34.9 Å². The summed E-state index contributed by atoms with van der Waals surface area (Å²) in [6, 6.07) is 18.8. The summed E-state index contributed by atoms with van der Waals surface area (Å²) in [5.74, 6) is -0.309. The van der Waals surface area contributed by atoms with Crippen molar-refractivity contribution in [2.45, 2.75) is 33.2 Å². The number of carbonyl (C=O) groups excluding carboxylic acids is 1. The van der Waals surface area contributed by atoms with Crippen LogP contribution in [0.3, 0.4) is 0 Å². The zero-order valence-electron chi connectivity index (χ0n) is 18.7. The molecule has 4 aromatic rings. The minimum Gasteiger partial charge on any atom is -0.465 e. The molecule has 0 aliphatic heterocycles. The number of ether oxygens (including phenoxy) is 1. The van der Waals surface area contributed by atoms with E-state index in [2.05, 4.69) is 71.9 Å². The Labute approximate surface area is 188 Å². The van der Waals surface area contributed by atoms with E-state index in [0.717, 1.165) is 35.0 Å². The van der Waals surface area contributed by atoms with Crippen LogP contribution in [0.2, 0.25) is 0 Å². The van der Waals surface area contributed by atoms with Crippen molar-refractivity contribution in [2.24, 2.45) is 0 Å². The molecule has 0 amide bonds. The second-order valence-electron chi connectivity index (χ2n) is 8.46. The normalized spacial score (nSPS) is 14.2. The van der Waals surface area contributed by atoms with Crippen LogP contribution in [0.5, 0.6) is 0 Å². The summed E-state index contributed by atoms with van der Waals surface area (Å²) in [7, 11) is 1.42. The molecule has 4 heteroatoms. The number of allylic oxidation sites excluding steroid dienone is 1. The largest absolute Gasteiger partial charge is 0.465 e. The molecule has 5 rings (SSSR count). The molecular weight excluding hydrogens is 396 g/mol. The van der Waals surface area contributed by atoms with E-state index in [-0.39, 0.29) is 5.97 Å². The van der Waals surface area contributed by atoms with E-state index in [9.17, 15) is 4.79 Å². The maximum atomic E-state index is 12.2. The summed E-state index contributed by atoms with van der Waals surface area (Å²) < 4.78 is 7.17. The summed E-state index contributed by atoms with van der Waals surface area (Å²) in [5, 5.41) is 0. The highest BCUT2D eigenvalue weighted by Crippen LogP contribution is 2.34. The van der Waals surface area contributed by atoms with E-state index in [1.54, 1.807) is 0 Å². The van der Waals surface area contributed by atoms with Crippen molar-refractivity contribution < 1.29 is 9.53 Å². The van der Waals surface area contributed by atoms with E-state index in [4.69, 9.17) is 4.74 Å². The summed E-state index contributed by atoms with van der Waals surface area (Å²) in [6.07, 6.45) is 6.09. The predicted octanol–water partition coefficient (Wildman–Crippen LogP) is 5.67. The van der Waals surface area contributed by atoms with Gasteiger partial charge in [0.1, 0.15) is 0 Å². The van der Waals surface area contributed by atoms with Gasteiger partial charge < -0.3 is 9.30 Å². The van der Waals surface area contributed by atoms with Crippen LogP contribution in [0.1, 0.15) is 43.7 Å². The van der Waals surface area contributed by atoms with Crippen molar-refractivity contribution >= 4 is 22.6 Å². The molecule has 32 heavy (non-hydrogen) atoms. The minimum atomic E-state index is -0.309. The highest BCUT2D eigenvalue weighted by atomic mass is 16.5. The monoisotopic (exact) mass is 422 g/mol. The quantitative estimate of drug-likeness (QED) is 0.400. The van der Waals surface area contributed by atoms with E-state index in [0.29, 0.717) is 12.1 Å². The predicted molar refractivity (Wildman–Crippen MR) is 128 cm³/mol. The average Bonchev–Trinajstić information content (AvgIpc) is 3.11. The Kier molecular flexibility index (Phi) is 5.14. The van der Waals surface area contributed by atoms with Crippen LogP contribution in [0.15, 0.2) is 67.0 Å². The second kappa shape index (κ2) is 8.12. The van der Waals surface area contributed by atoms with Crippen LogP contribution < -0.4 is 0 Å². The number of benzene rings is 3. The maximum Gasteiger partial charge on any atom is 0.337 e. The highest BCUT2D eigenvalue weighted by molar-refractivity contribution is 5.93. The molecule has 0 saturated heterocycles. The van der Waals surface area contributed by atoms with Gasteiger partial charge in [0.2, 0.25) is 0 Å². The fourth-order valence-electron chi connectivity index (χ4n) is 4.57. The van der Waals surface area contributed by atoms with Gasteiger partial charge in [-0.25, -0.2) is 9.78 Å². The van der Waals surface area contributed by atoms with Crippen molar-refractivity contribution in [1.29, 1.82) is 0 Å². The van der Waals surface area contributed by atoms with E-state index >= 15 is 0 Å². The van der Waals surface area contributed by atoms with Gasteiger partial charge in [-0.3, -0.25) is 0 Å². The Balaban J connectivity index is 1.65. The van der Waals surface area contributed by atoms with Gasteiger partial charge in [0.05, 0.1) is 30.0 Å². The molecule has 0 radical (unpaired) electrons. The molecule has 1 aliphatic carbocycles. The molecule has 4 nitrogen and oxygen atoms in total. The summed E-state index contributed by atoms with van der Waals surface area (Å²) in [5.41, 5.74) is 11.3. The van der Waals surface area contributed by atoms with Crippen LogP contribution in [0.4, 0.5) is 0 Å². The maximum absolute atomic E-state index is 12.2. The minimum absolute atomic E-state index is 0.309. The molecule has 0 unspecified atom stereocenters. The third-order valence-corrected chi connectivity index (χ3v) is 6.52. The third kappa shape index (κ3) is 3.52. The van der Waals surface area contributed by atoms with Crippen molar-refractivity contribution in [3.8, 4) is 0 Å². The number of aromatic nitrogens is 2. The first-order valence-corrected chi connectivity index (χ1v) is 11.0. The number of esters is 1. The van der Waals surface area contributed by atoms with Crippen molar-refractivity contribution in [3.63, 3.8) is 0 Å². The number of nitrogens with zero attached hydrogens (tertiary/aromatic N) is 2. The Hall–Kier alpha value is -3.66. The summed E-state index contributed by atoms with van der Waals surface area (Å²) in [6.45, 7) is 4.95. The molecule has 0 spiro atoms. The highest BCUT2D eigenvalue weighted by Gasteiger charge is 2.20. The van der Waals surface area contributed by atoms with Crippen LogP contribution in [0.25, 0.3) is 16.6 Å². The molecule has 0 fully saturated rings. The molecule has 0 saturated carbocycles. The topological polar surface area (TPSA) is 44.1 Å². The van der Waals surface area contributed by atoms with Gasteiger partial charge >= 0.3 is 5.97 Å². The van der Waals surface area contributed by atoms with Crippen LogP contribution in [-0.2, 0) is 24.1 Å². The Bertz CT molecular complexity index is 1380.